The lowest BCUT2D eigenvalue weighted by Gasteiger charge is -2.34. The number of benzene rings is 9. The molecule has 9 aromatic carbocycles. The van der Waals surface area contributed by atoms with E-state index in [-0.39, 0.29) is 16.2 Å². The van der Waals surface area contributed by atoms with Crippen molar-refractivity contribution in [1.29, 1.82) is 0 Å². The molecule has 0 N–H and O–H groups in total. The molecule has 3 heterocycles. The molecule has 5 nitrogen and oxygen atoms in total. The second-order valence-corrected chi connectivity index (χ2v) is 27.7. The lowest BCUT2D eigenvalue weighted by molar-refractivity contribution is 0.483. The van der Waals surface area contributed by atoms with Gasteiger partial charge in [-0.2, -0.15) is 0 Å². The number of nitrogens with zero attached hydrogens (tertiary/aromatic N) is 4. The Morgan fingerprint density at radius 3 is 1.59 bits per heavy atom. The van der Waals surface area contributed by atoms with Crippen molar-refractivity contribution >= 4 is 79.4 Å². The van der Waals surface area contributed by atoms with Gasteiger partial charge in [0.05, 0.1) is 22.7 Å². The molecular formula is C72H66N4OSi+2. The van der Waals surface area contributed by atoms with Crippen LogP contribution in [0.5, 0.6) is 11.5 Å². The number of fused-ring (bicyclic) bond motifs is 4. The predicted molar refractivity (Wildman–Crippen MR) is 331 cm³/mol. The van der Waals surface area contributed by atoms with E-state index in [0.29, 0.717) is 0 Å². The molecule has 0 spiro atoms. The van der Waals surface area contributed by atoms with Crippen molar-refractivity contribution in [2.45, 2.75) is 78.6 Å². The zero-order valence-electron chi connectivity index (χ0n) is 46.2. The van der Waals surface area contributed by atoms with Crippen LogP contribution < -0.4 is 34.6 Å². The van der Waals surface area contributed by atoms with Crippen LogP contribution in [0.15, 0.2) is 237 Å². The Hall–Kier alpha value is -8.67. The Morgan fingerprint density at radius 1 is 0.423 bits per heavy atom. The largest absolute Gasteiger partial charge is 0.503 e. The van der Waals surface area contributed by atoms with Gasteiger partial charge in [0, 0.05) is 47.3 Å². The minimum Gasteiger partial charge on any atom is -0.457 e. The summed E-state index contributed by atoms with van der Waals surface area (Å²) in [6, 6.07) is 88.1. The molecule has 2 aromatic heterocycles. The maximum atomic E-state index is 6.99. The van der Waals surface area contributed by atoms with E-state index in [1.54, 1.807) is 0 Å². The quantitative estimate of drug-likeness (QED) is 0.0777. The number of pyridine rings is 1. The molecule has 78 heavy (non-hydrogen) atoms. The Kier molecular flexibility index (Phi) is 12.5. The fraction of sp³-hybridized carbons (Fsp3) is 0.167. The van der Waals surface area contributed by atoms with E-state index in [9.17, 15) is 0 Å². The van der Waals surface area contributed by atoms with Gasteiger partial charge in [0.1, 0.15) is 17.3 Å². The van der Waals surface area contributed by atoms with Crippen LogP contribution in [0.2, 0.25) is 0 Å². The molecule has 1 aliphatic heterocycles. The molecule has 1 aliphatic rings. The minimum absolute atomic E-state index is 0.0291. The van der Waals surface area contributed by atoms with E-state index in [0.717, 1.165) is 62.0 Å². The smallest absolute Gasteiger partial charge is 0.457 e. The number of hydrogen-bond donors (Lipinski definition) is 0. The lowest BCUT2D eigenvalue weighted by atomic mass is 9.78. The van der Waals surface area contributed by atoms with Gasteiger partial charge < -0.3 is 4.74 Å². The van der Waals surface area contributed by atoms with E-state index in [2.05, 4.69) is 306 Å². The molecule has 0 radical (unpaired) electrons. The van der Waals surface area contributed by atoms with Crippen molar-refractivity contribution in [1.82, 2.24) is 18.7 Å². The highest BCUT2D eigenvalue weighted by atomic mass is 28.3. The summed E-state index contributed by atoms with van der Waals surface area (Å²) in [6.07, 6.45) is 1.95. The third kappa shape index (κ3) is 9.01. The van der Waals surface area contributed by atoms with Crippen molar-refractivity contribution < 1.29 is 4.74 Å². The third-order valence-electron chi connectivity index (χ3n) is 15.6. The van der Waals surface area contributed by atoms with Crippen molar-refractivity contribution in [3.8, 4) is 28.4 Å². The van der Waals surface area contributed by atoms with Crippen molar-refractivity contribution in [3.63, 3.8) is 0 Å². The van der Waals surface area contributed by atoms with Gasteiger partial charge in [-0.25, -0.2) is 4.98 Å². The average Bonchev–Trinajstić information content (AvgIpc) is 4.19. The van der Waals surface area contributed by atoms with Gasteiger partial charge in [-0.1, -0.05) is 214 Å². The van der Waals surface area contributed by atoms with Crippen molar-refractivity contribution in [2.24, 2.45) is 0 Å². The first-order valence-corrected chi connectivity index (χ1v) is 29.3. The molecule has 0 saturated heterocycles. The molecule has 11 aromatic rings. The second kappa shape index (κ2) is 19.4. The monoisotopic (exact) mass is 1030 g/mol. The van der Waals surface area contributed by atoms with Crippen LogP contribution in [0, 0.1) is 0 Å². The van der Waals surface area contributed by atoms with Gasteiger partial charge in [0.25, 0.3) is 5.69 Å². The first-order valence-electron chi connectivity index (χ1n) is 27.3. The normalized spacial score (nSPS) is 12.9. The summed E-state index contributed by atoms with van der Waals surface area (Å²) < 4.78 is 13.7. The van der Waals surface area contributed by atoms with Gasteiger partial charge >= 0.3 is 11.7 Å². The van der Waals surface area contributed by atoms with E-state index in [4.69, 9.17) is 9.72 Å². The fourth-order valence-corrected chi connectivity index (χ4v) is 16.2. The summed E-state index contributed by atoms with van der Waals surface area (Å²) in [4.78, 5) is 5.09. The summed E-state index contributed by atoms with van der Waals surface area (Å²) >= 11 is 0. The average molecular weight is 1030 g/mol. The molecule has 6 heteroatoms. The maximum absolute atomic E-state index is 6.99. The van der Waals surface area contributed by atoms with E-state index >= 15 is 0 Å². The topological polar surface area (TPSA) is 33.1 Å². The first-order chi connectivity index (χ1) is 37.6. The Balaban J connectivity index is 1.00. The van der Waals surface area contributed by atoms with E-state index in [1.807, 2.05) is 12.3 Å². The maximum Gasteiger partial charge on any atom is 0.503 e. The number of para-hydroxylation sites is 2. The van der Waals surface area contributed by atoms with Crippen LogP contribution >= 0.6 is 0 Å². The van der Waals surface area contributed by atoms with Crippen LogP contribution in [-0.2, 0) is 16.2 Å². The number of hydrogen-bond acceptors (Lipinski definition) is 2. The van der Waals surface area contributed by atoms with E-state index < -0.39 is 8.07 Å². The highest BCUT2D eigenvalue weighted by Gasteiger charge is 2.43. The molecule has 0 fully saturated rings. The molecule has 0 unspecified atom stereocenters. The summed E-state index contributed by atoms with van der Waals surface area (Å²) in [5.74, 6) is 2.32. The van der Waals surface area contributed by atoms with Crippen molar-refractivity contribution in [2.75, 3.05) is 0 Å². The molecule has 12 rings (SSSR count). The molecule has 0 bridgehead atoms. The minimum atomic E-state index is -2.83. The van der Waals surface area contributed by atoms with Gasteiger partial charge in [-0.3, -0.25) is 4.57 Å². The van der Waals surface area contributed by atoms with Crippen molar-refractivity contribution in [3.05, 3.63) is 253 Å². The Bertz CT molecular complexity index is 4010. The van der Waals surface area contributed by atoms with Gasteiger partial charge in [-0.15, -0.1) is 0 Å². The SMILES string of the molecule is CC(C)(C)c1cc(-c2cccc3c2[N+](c2ccccc2)=C=[N+]3c2cccc(Oc3ccc4c5cc([Si](c6ccccc6)(c6ccccc6)c6ccccc6)ccc5n(-c5cc(C(C)(C)C)ccn5)c4c3)c2)cc(C(C)(C)C)c1. The summed E-state index contributed by atoms with van der Waals surface area (Å²) in [5, 5.41) is 7.62. The van der Waals surface area contributed by atoms with Crippen LogP contribution in [-0.4, -0.2) is 23.6 Å². The zero-order chi connectivity index (χ0) is 54.0. The lowest BCUT2D eigenvalue weighted by Crippen LogP contribution is -2.74. The van der Waals surface area contributed by atoms with Crippen LogP contribution in [0.3, 0.4) is 0 Å². The predicted octanol–water partition coefficient (Wildman–Crippen LogP) is 15.8. The van der Waals surface area contributed by atoms with Crippen LogP contribution in [0.4, 0.5) is 22.7 Å². The fourth-order valence-electron chi connectivity index (χ4n) is 11.4. The Labute approximate surface area is 460 Å². The molecule has 382 valence electrons. The third-order valence-corrected chi connectivity index (χ3v) is 20.4. The number of ether oxygens (including phenoxy) is 1. The standard InChI is InChI=1S/C72H66N4OSi/c1-70(2,3)51-40-41-73-68(45-51)76-65-39-37-61(78(58-28-16-11-17-29-58,59-30-18-12-19-31-59)60-32-20-13-21-33-60)48-64(65)63-38-36-57(47-67(63)76)77-56-27-22-26-55(46-56)74-49-75(54-24-14-10-15-25-54)69-62(34-23-35-66(69)74)50-42-52(71(4,5)6)44-53(43-50)72(7,8)9/h10-48H,1-9H3/q+2. The Morgan fingerprint density at radius 2 is 0.987 bits per heavy atom. The molecule has 0 saturated carbocycles. The molecule has 0 aliphatic carbocycles. The van der Waals surface area contributed by atoms with Crippen LogP contribution in [0.25, 0.3) is 38.8 Å². The number of rotatable bonds is 10. The molecular weight excluding hydrogens is 965 g/mol. The molecule has 0 atom stereocenters. The first kappa shape index (κ1) is 50.2. The van der Waals surface area contributed by atoms with Gasteiger partial charge in [0.2, 0.25) is 11.4 Å². The highest BCUT2D eigenvalue weighted by molar-refractivity contribution is 7.20. The zero-order valence-corrected chi connectivity index (χ0v) is 47.2. The summed E-state index contributed by atoms with van der Waals surface area (Å²) in [5.41, 5.74) is 12.3. The van der Waals surface area contributed by atoms with Gasteiger partial charge in [0.15, 0.2) is 8.07 Å². The van der Waals surface area contributed by atoms with E-state index in [1.165, 1.54) is 48.4 Å². The summed E-state index contributed by atoms with van der Waals surface area (Å²) in [7, 11) is -2.83. The summed E-state index contributed by atoms with van der Waals surface area (Å²) in [6.45, 7) is 20.6. The number of aromatic nitrogens is 2. The highest BCUT2D eigenvalue weighted by Crippen LogP contribution is 2.45. The molecule has 0 amide bonds. The second-order valence-electron chi connectivity index (χ2n) is 23.9. The van der Waals surface area contributed by atoms with Crippen LogP contribution in [0.1, 0.15) is 79.0 Å². The van der Waals surface area contributed by atoms with Gasteiger partial charge in [-0.05, 0) is 111 Å².